The monoisotopic (exact) mass is 252 g/mol. The number of benzene rings is 1. The van der Waals surface area contributed by atoms with E-state index in [4.69, 9.17) is 4.52 Å². The average Bonchev–Trinajstić information content (AvgIpc) is 2.28. The number of hydrogen-bond acceptors (Lipinski definition) is 3. The van der Waals surface area contributed by atoms with Crippen LogP contribution >= 0.6 is 7.37 Å². The Hall–Kier alpha value is -1.34. The fourth-order valence-electron chi connectivity index (χ4n) is 1.40. The molecule has 0 radical (unpaired) electrons. The lowest BCUT2D eigenvalue weighted by Crippen LogP contribution is -2.25. The van der Waals surface area contributed by atoms with E-state index in [1.165, 1.54) is 0 Å². The highest BCUT2D eigenvalue weighted by molar-refractivity contribution is 7.83. The predicted molar refractivity (Wildman–Crippen MR) is 69.4 cm³/mol. The second kappa shape index (κ2) is 4.89. The van der Waals surface area contributed by atoms with Crippen LogP contribution in [0.3, 0.4) is 0 Å². The number of rotatable bonds is 4. The molecule has 1 atom stereocenters. The summed E-state index contributed by atoms with van der Waals surface area (Å²) in [5.74, 6) is 0. The molecule has 0 fully saturated rings. The van der Waals surface area contributed by atoms with Crippen LogP contribution in [0, 0.1) is 5.41 Å². The van der Waals surface area contributed by atoms with Gasteiger partial charge in [0, 0.05) is 5.41 Å². The molecule has 0 N–H and O–H groups in total. The highest BCUT2D eigenvalue weighted by atomic mass is 31.2. The minimum atomic E-state index is -3.54. The Bertz CT molecular complexity index is 457. The third-order valence-electron chi connectivity index (χ3n) is 2.23. The molecule has 1 aromatic carbocycles. The van der Waals surface area contributed by atoms with E-state index < -0.39 is 18.3 Å². The zero-order valence-corrected chi connectivity index (χ0v) is 11.2. The fourth-order valence-corrected chi connectivity index (χ4v) is 3.51. The second-order valence-electron chi connectivity index (χ2n) is 4.71. The van der Waals surface area contributed by atoms with E-state index in [2.05, 4.69) is 6.58 Å². The average molecular weight is 252 g/mol. The summed E-state index contributed by atoms with van der Waals surface area (Å²) in [5, 5.41) is 0.403. The van der Waals surface area contributed by atoms with Crippen molar-refractivity contribution in [3.8, 4) is 0 Å². The Labute approximate surface area is 102 Å². The standard InChI is InChI=1S/C13H17O3P/c1-5-16-17(15,12(14)13(2,3)4)11-9-7-6-8-10-11/h5-10H,1H2,2-4H3. The maximum atomic E-state index is 12.7. The largest absolute Gasteiger partial charge is 0.444 e. The van der Waals surface area contributed by atoms with Crippen molar-refractivity contribution in [1.82, 2.24) is 0 Å². The van der Waals surface area contributed by atoms with Gasteiger partial charge in [0.25, 0.3) is 0 Å². The van der Waals surface area contributed by atoms with E-state index in [1.807, 2.05) is 0 Å². The van der Waals surface area contributed by atoms with Crippen molar-refractivity contribution in [3.63, 3.8) is 0 Å². The highest BCUT2D eigenvalue weighted by Gasteiger charge is 2.42. The molecule has 92 valence electrons. The summed E-state index contributed by atoms with van der Waals surface area (Å²) in [6, 6.07) is 8.51. The quantitative estimate of drug-likeness (QED) is 0.609. The van der Waals surface area contributed by atoms with Crippen molar-refractivity contribution < 1.29 is 13.9 Å². The molecule has 0 saturated carbocycles. The van der Waals surface area contributed by atoms with Crippen LogP contribution in [0.1, 0.15) is 20.8 Å². The SMILES string of the molecule is C=COP(=O)(C(=O)C(C)(C)C)c1ccccc1. The molecule has 0 aliphatic heterocycles. The van der Waals surface area contributed by atoms with Crippen LogP contribution in [0.25, 0.3) is 0 Å². The van der Waals surface area contributed by atoms with Gasteiger partial charge < -0.3 is 4.52 Å². The van der Waals surface area contributed by atoms with Gasteiger partial charge in [-0.15, -0.1) is 0 Å². The van der Waals surface area contributed by atoms with Crippen LogP contribution in [0.2, 0.25) is 0 Å². The molecule has 0 bridgehead atoms. The summed E-state index contributed by atoms with van der Waals surface area (Å²) < 4.78 is 17.8. The highest BCUT2D eigenvalue weighted by Crippen LogP contribution is 2.51. The summed E-state index contributed by atoms with van der Waals surface area (Å²) in [4.78, 5) is 12.2. The molecule has 4 heteroatoms. The Morgan fingerprint density at radius 3 is 2.24 bits per heavy atom. The molecule has 1 aromatic rings. The maximum absolute atomic E-state index is 12.7. The summed E-state index contributed by atoms with van der Waals surface area (Å²) in [5.41, 5.74) is -1.13. The van der Waals surface area contributed by atoms with Crippen molar-refractivity contribution in [2.45, 2.75) is 20.8 Å². The minimum Gasteiger partial charge on any atom is -0.444 e. The zero-order valence-electron chi connectivity index (χ0n) is 10.3. The Balaban J connectivity index is 3.30. The van der Waals surface area contributed by atoms with Crippen LogP contribution in [0.4, 0.5) is 0 Å². The lowest BCUT2D eigenvalue weighted by molar-refractivity contribution is -0.119. The zero-order chi connectivity index (χ0) is 13.1. The van der Waals surface area contributed by atoms with Gasteiger partial charge in [0.05, 0.1) is 11.6 Å². The van der Waals surface area contributed by atoms with Gasteiger partial charge in [0.2, 0.25) is 5.52 Å². The number of carbonyl (C=O) groups is 1. The Morgan fingerprint density at radius 1 is 1.29 bits per heavy atom. The summed E-state index contributed by atoms with van der Waals surface area (Å²) in [7, 11) is -3.54. The first-order valence-corrected chi connectivity index (χ1v) is 6.95. The van der Waals surface area contributed by atoms with E-state index in [-0.39, 0.29) is 0 Å². The van der Waals surface area contributed by atoms with Crippen LogP contribution in [-0.4, -0.2) is 5.52 Å². The summed E-state index contributed by atoms with van der Waals surface area (Å²) >= 11 is 0. The number of hydrogen-bond donors (Lipinski definition) is 0. The Kier molecular flexibility index (Phi) is 3.94. The normalized spacial score (nSPS) is 14.8. The van der Waals surface area contributed by atoms with Crippen molar-refractivity contribution in [2.75, 3.05) is 0 Å². The second-order valence-corrected chi connectivity index (χ2v) is 6.95. The molecule has 0 aromatic heterocycles. The minimum absolute atomic E-state index is 0.403. The van der Waals surface area contributed by atoms with E-state index in [9.17, 15) is 9.36 Å². The van der Waals surface area contributed by atoms with Crippen LogP contribution in [0.15, 0.2) is 43.2 Å². The molecule has 1 unspecified atom stereocenters. The van der Waals surface area contributed by atoms with Crippen LogP contribution in [-0.2, 0) is 13.9 Å². The van der Waals surface area contributed by atoms with Crippen molar-refractivity contribution in [1.29, 1.82) is 0 Å². The lowest BCUT2D eigenvalue weighted by Gasteiger charge is -2.23. The van der Waals surface area contributed by atoms with Crippen molar-refractivity contribution in [3.05, 3.63) is 43.2 Å². The van der Waals surface area contributed by atoms with Crippen molar-refractivity contribution in [2.24, 2.45) is 5.41 Å². The topological polar surface area (TPSA) is 43.4 Å². The molecular weight excluding hydrogens is 235 g/mol. The first kappa shape index (κ1) is 13.7. The van der Waals surface area contributed by atoms with Crippen molar-refractivity contribution >= 4 is 18.2 Å². The van der Waals surface area contributed by atoms with Crippen LogP contribution in [0.5, 0.6) is 0 Å². The molecule has 0 aliphatic carbocycles. The van der Waals surface area contributed by atoms with Gasteiger partial charge in [-0.3, -0.25) is 9.36 Å². The van der Waals surface area contributed by atoms with Gasteiger partial charge in [-0.1, -0.05) is 45.5 Å². The number of carbonyl (C=O) groups excluding carboxylic acids is 1. The van der Waals surface area contributed by atoms with Crippen LogP contribution < -0.4 is 5.30 Å². The molecule has 1 rings (SSSR count). The van der Waals surface area contributed by atoms with E-state index in [0.29, 0.717) is 5.30 Å². The molecule has 0 saturated heterocycles. The summed E-state index contributed by atoms with van der Waals surface area (Å²) in [6.45, 7) is 8.55. The summed E-state index contributed by atoms with van der Waals surface area (Å²) in [6.07, 6.45) is 1.07. The fraction of sp³-hybridized carbons (Fsp3) is 0.308. The molecule has 17 heavy (non-hydrogen) atoms. The van der Waals surface area contributed by atoms with Gasteiger partial charge in [0.1, 0.15) is 0 Å². The van der Waals surface area contributed by atoms with Gasteiger partial charge >= 0.3 is 7.37 Å². The smallest absolute Gasteiger partial charge is 0.341 e. The molecule has 0 heterocycles. The van der Waals surface area contributed by atoms with E-state index in [0.717, 1.165) is 6.26 Å². The molecular formula is C13H17O3P. The molecule has 3 nitrogen and oxygen atoms in total. The van der Waals surface area contributed by atoms with E-state index in [1.54, 1.807) is 51.1 Å². The first-order valence-electron chi connectivity index (χ1n) is 5.32. The van der Waals surface area contributed by atoms with Gasteiger partial charge in [-0.05, 0) is 12.1 Å². The van der Waals surface area contributed by atoms with E-state index >= 15 is 0 Å². The molecule has 0 amide bonds. The predicted octanol–water partition coefficient (Wildman–Crippen LogP) is 3.32. The maximum Gasteiger partial charge on any atom is 0.341 e. The van der Waals surface area contributed by atoms with Gasteiger partial charge in [-0.25, -0.2) is 0 Å². The molecule has 0 spiro atoms. The van der Waals surface area contributed by atoms with Gasteiger partial charge in [-0.2, -0.15) is 0 Å². The third-order valence-corrected chi connectivity index (χ3v) is 4.86. The Morgan fingerprint density at radius 2 is 1.82 bits per heavy atom. The third kappa shape index (κ3) is 2.86. The molecule has 0 aliphatic rings. The first-order chi connectivity index (χ1) is 7.82. The van der Waals surface area contributed by atoms with Gasteiger partial charge in [0.15, 0.2) is 0 Å². The lowest BCUT2D eigenvalue weighted by atomic mass is 9.99.